The first kappa shape index (κ1) is 15.2. The van der Waals surface area contributed by atoms with E-state index >= 15 is 0 Å². The second kappa shape index (κ2) is 7.03. The summed E-state index contributed by atoms with van der Waals surface area (Å²) in [4.78, 5) is 11.8. The molecular weight excluding hydrogens is 438 g/mol. The first-order valence-electron chi connectivity index (χ1n) is 5.79. The highest BCUT2D eigenvalue weighted by atomic mass is 127. The van der Waals surface area contributed by atoms with E-state index in [0.29, 0.717) is 0 Å². The minimum Gasteiger partial charge on any atom is -0.375 e. The summed E-state index contributed by atoms with van der Waals surface area (Å²) in [6, 6.07) is 11.7. The third kappa shape index (κ3) is 4.45. The predicted octanol–water partition coefficient (Wildman–Crippen LogP) is 4.24. The van der Waals surface area contributed by atoms with Crippen molar-refractivity contribution < 1.29 is 9.18 Å². The van der Waals surface area contributed by atoms with Crippen molar-refractivity contribution in [2.75, 3.05) is 17.2 Å². The maximum absolute atomic E-state index is 13.0. The zero-order valence-corrected chi connectivity index (χ0v) is 14.0. The predicted molar refractivity (Wildman–Crippen MR) is 90.4 cm³/mol. The fourth-order valence-corrected chi connectivity index (χ4v) is 2.48. The summed E-state index contributed by atoms with van der Waals surface area (Å²) in [5, 5.41) is 5.75. The van der Waals surface area contributed by atoms with Crippen LogP contribution in [0.15, 0.2) is 46.9 Å². The summed E-state index contributed by atoms with van der Waals surface area (Å²) < 4.78 is 14.6. The second-order valence-electron chi connectivity index (χ2n) is 4.03. The molecule has 1 amide bonds. The largest absolute Gasteiger partial charge is 0.375 e. The number of hydrogen-bond donors (Lipinski definition) is 2. The molecule has 0 bridgehead atoms. The van der Waals surface area contributed by atoms with E-state index in [-0.39, 0.29) is 18.3 Å². The highest BCUT2D eigenvalue weighted by Crippen LogP contribution is 2.19. The van der Waals surface area contributed by atoms with Crippen molar-refractivity contribution in [3.8, 4) is 0 Å². The van der Waals surface area contributed by atoms with Crippen LogP contribution in [0.1, 0.15) is 0 Å². The molecule has 2 aromatic rings. The highest BCUT2D eigenvalue weighted by Gasteiger charge is 2.05. The van der Waals surface area contributed by atoms with Crippen molar-refractivity contribution in [2.24, 2.45) is 0 Å². The Morgan fingerprint density at radius 2 is 1.90 bits per heavy atom. The Kier molecular flexibility index (Phi) is 5.36. The Morgan fingerprint density at radius 3 is 2.55 bits per heavy atom. The maximum atomic E-state index is 13.0. The summed E-state index contributed by atoms with van der Waals surface area (Å²) in [6.45, 7) is 0.123. The first-order valence-corrected chi connectivity index (χ1v) is 7.66. The molecule has 0 unspecified atom stereocenters. The van der Waals surface area contributed by atoms with E-state index in [1.54, 1.807) is 6.07 Å². The Hall–Kier alpha value is -1.15. The van der Waals surface area contributed by atoms with Crippen molar-refractivity contribution in [1.82, 2.24) is 0 Å². The van der Waals surface area contributed by atoms with Gasteiger partial charge in [-0.3, -0.25) is 4.79 Å². The molecule has 2 rings (SSSR count). The molecule has 2 aromatic carbocycles. The maximum Gasteiger partial charge on any atom is 0.243 e. The van der Waals surface area contributed by atoms with Gasteiger partial charge in [-0.25, -0.2) is 4.39 Å². The number of anilines is 2. The molecule has 0 aromatic heterocycles. The lowest BCUT2D eigenvalue weighted by Crippen LogP contribution is -2.22. The number of carbonyl (C=O) groups is 1. The van der Waals surface area contributed by atoms with Crippen molar-refractivity contribution in [3.63, 3.8) is 0 Å². The van der Waals surface area contributed by atoms with Gasteiger partial charge in [0.2, 0.25) is 5.91 Å². The van der Waals surface area contributed by atoms with Gasteiger partial charge in [0.05, 0.1) is 6.54 Å². The molecule has 104 valence electrons. The van der Waals surface area contributed by atoms with Gasteiger partial charge in [-0.05, 0) is 65.1 Å². The lowest BCUT2D eigenvalue weighted by atomic mass is 10.3. The lowest BCUT2D eigenvalue weighted by Gasteiger charge is -2.09. The molecule has 0 heterocycles. The van der Waals surface area contributed by atoms with Crippen LogP contribution in [0.5, 0.6) is 0 Å². The van der Waals surface area contributed by atoms with Gasteiger partial charge in [0, 0.05) is 19.4 Å². The third-order valence-corrected chi connectivity index (χ3v) is 3.92. The van der Waals surface area contributed by atoms with E-state index in [4.69, 9.17) is 0 Å². The molecule has 0 saturated heterocycles. The fraction of sp³-hybridized carbons (Fsp3) is 0.0714. The van der Waals surface area contributed by atoms with Crippen LogP contribution < -0.4 is 10.6 Å². The molecular formula is C14H11BrFIN2O. The van der Waals surface area contributed by atoms with Gasteiger partial charge < -0.3 is 10.6 Å². The average Bonchev–Trinajstić information content (AvgIpc) is 2.40. The van der Waals surface area contributed by atoms with E-state index in [1.165, 1.54) is 12.1 Å². The van der Waals surface area contributed by atoms with Crippen LogP contribution in [-0.2, 0) is 4.79 Å². The summed E-state index contributed by atoms with van der Waals surface area (Å²) in [5.74, 6) is -0.452. The number of amides is 1. The molecule has 6 heteroatoms. The molecule has 0 aliphatic rings. The Balaban J connectivity index is 1.90. The molecule has 2 N–H and O–H groups in total. The summed E-state index contributed by atoms with van der Waals surface area (Å²) in [5.41, 5.74) is 1.46. The van der Waals surface area contributed by atoms with E-state index in [1.807, 2.05) is 46.9 Å². The van der Waals surface area contributed by atoms with E-state index in [2.05, 4.69) is 26.6 Å². The Labute approximate surface area is 138 Å². The van der Waals surface area contributed by atoms with Crippen LogP contribution in [0.3, 0.4) is 0 Å². The minimum absolute atomic E-state index is 0.123. The zero-order chi connectivity index (χ0) is 14.5. The molecule has 0 radical (unpaired) electrons. The zero-order valence-electron chi connectivity index (χ0n) is 10.3. The van der Waals surface area contributed by atoms with Crippen LogP contribution in [0.4, 0.5) is 15.8 Å². The van der Waals surface area contributed by atoms with Gasteiger partial charge in [0.25, 0.3) is 0 Å². The smallest absolute Gasteiger partial charge is 0.243 e. The van der Waals surface area contributed by atoms with Crippen molar-refractivity contribution in [1.29, 1.82) is 0 Å². The summed E-state index contributed by atoms with van der Waals surface area (Å²) >= 11 is 5.35. The van der Waals surface area contributed by atoms with Gasteiger partial charge >= 0.3 is 0 Å². The second-order valence-corrected chi connectivity index (χ2v) is 6.11. The van der Waals surface area contributed by atoms with Crippen molar-refractivity contribution >= 4 is 55.8 Å². The number of carbonyl (C=O) groups excluding carboxylic acids is 1. The topological polar surface area (TPSA) is 41.1 Å². The Morgan fingerprint density at radius 1 is 1.20 bits per heavy atom. The molecule has 0 atom stereocenters. The first-order chi connectivity index (χ1) is 9.54. The van der Waals surface area contributed by atoms with Gasteiger partial charge in [0.1, 0.15) is 5.82 Å². The molecule has 3 nitrogen and oxygen atoms in total. The molecule has 0 fully saturated rings. The van der Waals surface area contributed by atoms with Gasteiger partial charge in [-0.1, -0.05) is 15.9 Å². The molecule has 0 spiro atoms. The lowest BCUT2D eigenvalue weighted by molar-refractivity contribution is -0.114. The Bertz CT molecular complexity index is 619. The van der Waals surface area contributed by atoms with Crippen LogP contribution >= 0.6 is 38.5 Å². The normalized spacial score (nSPS) is 10.2. The summed E-state index contributed by atoms with van der Waals surface area (Å²) in [7, 11) is 0. The monoisotopic (exact) mass is 448 g/mol. The van der Waals surface area contributed by atoms with Crippen LogP contribution in [-0.4, -0.2) is 12.5 Å². The van der Waals surface area contributed by atoms with Crippen LogP contribution in [0.2, 0.25) is 0 Å². The van der Waals surface area contributed by atoms with Crippen molar-refractivity contribution in [2.45, 2.75) is 0 Å². The van der Waals surface area contributed by atoms with Crippen LogP contribution in [0.25, 0.3) is 0 Å². The quantitative estimate of drug-likeness (QED) is 0.687. The van der Waals surface area contributed by atoms with E-state index in [0.717, 1.165) is 19.4 Å². The van der Waals surface area contributed by atoms with E-state index in [9.17, 15) is 9.18 Å². The third-order valence-electron chi connectivity index (χ3n) is 2.50. The highest BCUT2D eigenvalue weighted by molar-refractivity contribution is 14.1. The SMILES string of the molecule is O=C(CNc1ccc(F)cc1I)Nc1ccc(Br)cc1. The number of benzene rings is 2. The average molecular weight is 449 g/mol. The fourth-order valence-electron chi connectivity index (χ4n) is 1.55. The molecule has 0 saturated carbocycles. The molecule has 0 aliphatic heterocycles. The van der Waals surface area contributed by atoms with Crippen molar-refractivity contribution in [3.05, 3.63) is 56.3 Å². The summed E-state index contributed by atoms with van der Waals surface area (Å²) in [6.07, 6.45) is 0. The molecule has 20 heavy (non-hydrogen) atoms. The van der Waals surface area contributed by atoms with Gasteiger partial charge in [-0.15, -0.1) is 0 Å². The molecule has 0 aliphatic carbocycles. The minimum atomic E-state index is -0.292. The van der Waals surface area contributed by atoms with Crippen LogP contribution in [0, 0.1) is 9.39 Å². The van der Waals surface area contributed by atoms with Gasteiger partial charge in [-0.2, -0.15) is 0 Å². The number of rotatable bonds is 4. The van der Waals surface area contributed by atoms with E-state index < -0.39 is 0 Å². The number of hydrogen-bond acceptors (Lipinski definition) is 2. The van der Waals surface area contributed by atoms with Gasteiger partial charge in [0.15, 0.2) is 0 Å². The number of halogens is 3. The number of nitrogens with one attached hydrogen (secondary N) is 2. The standard InChI is InChI=1S/C14H11BrFIN2O/c15-9-1-4-11(5-2-9)19-14(20)8-18-13-6-3-10(16)7-12(13)17/h1-7,18H,8H2,(H,19,20).